The van der Waals surface area contributed by atoms with Crippen molar-refractivity contribution in [2.75, 3.05) is 14.1 Å². The van der Waals surface area contributed by atoms with Crippen LogP contribution in [-0.2, 0) is 6.42 Å². The third-order valence-electron chi connectivity index (χ3n) is 3.61. The molecule has 2 atom stereocenters. The molecule has 2 unspecified atom stereocenters. The summed E-state index contributed by atoms with van der Waals surface area (Å²) in [5, 5.41) is 10.3. The van der Waals surface area contributed by atoms with Crippen molar-refractivity contribution in [3.63, 3.8) is 0 Å². The number of rotatable bonds is 5. The molecule has 0 radical (unpaired) electrons. The maximum absolute atomic E-state index is 10.3. The van der Waals surface area contributed by atoms with E-state index in [0.29, 0.717) is 6.42 Å². The van der Waals surface area contributed by atoms with Crippen LogP contribution in [-0.4, -0.2) is 40.7 Å². The molecule has 0 fully saturated rings. The number of aromatic nitrogens is 1. The molecule has 0 saturated carbocycles. The highest BCUT2D eigenvalue weighted by atomic mass is 16.3. The number of likely N-dealkylation sites (N-methyl/N-ethyl adjacent to an activating group) is 1. The molecule has 3 heteroatoms. The Morgan fingerprint density at radius 2 is 2.19 bits per heavy atom. The van der Waals surface area contributed by atoms with Crippen LogP contribution in [0.1, 0.15) is 25.8 Å². The smallest absolute Gasteiger partial charge is 0.0761 e. The molecule has 0 aliphatic carbocycles. The molecular formula is C13H22N2O. The largest absolute Gasteiger partial charge is 0.391 e. The van der Waals surface area contributed by atoms with Gasteiger partial charge in [-0.05, 0) is 39.1 Å². The van der Waals surface area contributed by atoms with Crippen LogP contribution < -0.4 is 0 Å². The zero-order valence-corrected chi connectivity index (χ0v) is 10.6. The first-order valence-corrected chi connectivity index (χ1v) is 5.75. The van der Waals surface area contributed by atoms with Gasteiger partial charge in [-0.15, -0.1) is 0 Å². The summed E-state index contributed by atoms with van der Waals surface area (Å²) in [5.41, 5.74) is 0.895. The molecule has 0 amide bonds. The van der Waals surface area contributed by atoms with Crippen molar-refractivity contribution >= 4 is 0 Å². The van der Waals surface area contributed by atoms with Crippen LogP contribution in [0.15, 0.2) is 24.5 Å². The SMILES string of the molecule is CCC(C)(C(O)Cc1cccnc1)N(C)C. The van der Waals surface area contributed by atoms with Crippen LogP contribution in [0, 0.1) is 0 Å². The fourth-order valence-electron chi connectivity index (χ4n) is 1.81. The third-order valence-corrected chi connectivity index (χ3v) is 3.61. The van der Waals surface area contributed by atoms with Crippen LogP contribution in [0.5, 0.6) is 0 Å². The molecule has 0 aliphatic rings. The standard InChI is InChI=1S/C13H22N2O/c1-5-13(2,15(3)4)12(16)9-11-7-6-8-14-10-11/h6-8,10,12,16H,5,9H2,1-4H3. The van der Waals surface area contributed by atoms with Crippen molar-refractivity contribution < 1.29 is 5.11 Å². The van der Waals surface area contributed by atoms with E-state index in [1.165, 1.54) is 0 Å². The molecule has 0 saturated heterocycles. The highest BCUT2D eigenvalue weighted by Gasteiger charge is 2.33. The molecule has 0 aliphatic heterocycles. The van der Waals surface area contributed by atoms with E-state index in [1.807, 2.05) is 32.4 Å². The Morgan fingerprint density at radius 1 is 1.50 bits per heavy atom. The monoisotopic (exact) mass is 222 g/mol. The van der Waals surface area contributed by atoms with Gasteiger partial charge in [-0.25, -0.2) is 0 Å². The summed E-state index contributed by atoms with van der Waals surface area (Å²) in [6, 6.07) is 3.91. The Hall–Kier alpha value is -0.930. The minimum absolute atomic E-state index is 0.185. The Morgan fingerprint density at radius 3 is 2.62 bits per heavy atom. The predicted octanol–water partition coefficient (Wildman–Crippen LogP) is 1.72. The van der Waals surface area contributed by atoms with Crippen LogP contribution >= 0.6 is 0 Å². The van der Waals surface area contributed by atoms with Crippen molar-refractivity contribution in [2.45, 2.75) is 38.3 Å². The number of aliphatic hydroxyl groups is 1. The Balaban J connectivity index is 2.74. The zero-order chi connectivity index (χ0) is 12.2. The van der Waals surface area contributed by atoms with Gasteiger partial charge in [-0.2, -0.15) is 0 Å². The molecule has 1 N–H and O–H groups in total. The van der Waals surface area contributed by atoms with Gasteiger partial charge < -0.3 is 10.0 Å². The second-order valence-electron chi connectivity index (χ2n) is 4.69. The van der Waals surface area contributed by atoms with Gasteiger partial charge in [0.2, 0.25) is 0 Å². The van der Waals surface area contributed by atoms with E-state index < -0.39 is 0 Å². The molecule has 16 heavy (non-hydrogen) atoms. The first-order chi connectivity index (χ1) is 7.50. The van der Waals surface area contributed by atoms with Crippen molar-refractivity contribution in [1.82, 2.24) is 9.88 Å². The summed E-state index contributed by atoms with van der Waals surface area (Å²) in [4.78, 5) is 6.16. The summed E-state index contributed by atoms with van der Waals surface area (Å²) in [6.07, 6.45) is 4.75. The van der Waals surface area contributed by atoms with E-state index in [4.69, 9.17) is 0 Å². The molecule has 1 aromatic rings. The summed E-state index contributed by atoms with van der Waals surface area (Å²) in [5.74, 6) is 0. The van der Waals surface area contributed by atoms with E-state index in [2.05, 4.69) is 23.7 Å². The van der Waals surface area contributed by atoms with E-state index in [9.17, 15) is 5.11 Å². The fourth-order valence-corrected chi connectivity index (χ4v) is 1.81. The molecular weight excluding hydrogens is 200 g/mol. The number of pyridine rings is 1. The lowest BCUT2D eigenvalue weighted by atomic mass is 9.87. The Labute approximate surface area is 98.1 Å². The van der Waals surface area contributed by atoms with E-state index in [0.717, 1.165) is 12.0 Å². The number of aliphatic hydroxyl groups excluding tert-OH is 1. The van der Waals surface area contributed by atoms with Crippen LogP contribution in [0.3, 0.4) is 0 Å². The molecule has 1 heterocycles. The summed E-state index contributed by atoms with van der Waals surface area (Å²) in [7, 11) is 4.02. The quantitative estimate of drug-likeness (QED) is 0.824. The fraction of sp³-hybridized carbons (Fsp3) is 0.615. The van der Waals surface area contributed by atoms with Crippen molar-refractivity contribution in [2.24, 2.45) is 0 Å². The normalized spacial score (nSPS) is 17.1. The summed E-state index contributed by atoms with van der Waals surface area (Å²) in [6.45, 7) is 4.19. The summed E-state index contributed by atoms with van der Waals surface area (Å²) < 4.78 is 0. The van der Waals surface area contributed by atoms with Gasteiger partial charge in [0.1, 0.15) is 0 Å². The van der Waals surface area contributed by atoms with Crippen molar-refractivity contribution in [3.8, 4) is 0 Å². The van der Waals surface area contributed by atoms with E-state index in [-0.39, 0.29) is 11.6 Å². The zero-order valence-electron chi connectivity index (χ0n) is 10.6. The van der Waals surface area contributed by atoms with Gasteiger partial charge in [-0.3, -0.25) is 4.98 Å². The first-order valence-electron chi connectivity index (χ1n) is 5.75. The van der Waals surface area contributed by atoms with Gasteiger partial charge in [-0.1, -0.05) is 13.0 Å². The van der Waals surface area contributed by atoms with Gasteiger partial charge in [0.15, 0.2) is 0 Å². The Bertz CT molecular complexity index is 313. The summed E-state index contributed by atoms with van der Waals surface area (Å²) >= 11 is 0. The maximum Gasteiger partial charge on any atom is 0.0761 e. The second kappa shape index (κ2) is 5.41. The van der Waals surface area contributed by atoms with Crippen molar-refractivity contribution in [3.05, 3.63) is 30.1 Å². The lowest BCUT2D eigenvalue weighted by Gasteiger charge is -2.40. The van der Waals surface area contributed by atoms with Gasteiger partial charge >= 0.3 is 0 Å². The molecule has 90 valence electrons. The first kappa shape index (κ1) is 13.1. The predicted molar refractivity (Wildman–Crippen MR) is 66.3 cm³/mol. The minimum atomic E-state index is -0.378. The van der Waals surface area contributed by atoms with Crippen LogP contribution in [0.4, 0.5) is 0 Å². The number of nitrogens with zero attached hydrogens (tertiary/aromatic N) is 2. The van der Waals surface area contributed by atoms with Crippen LogP contribution in [0.2, 0.25) is 0 Å². The lowest BCUT2D eigenvalue weighted by molar-refractivity contribution is 0.00297. The van der Waals surface area contributed by atoms with Crippen molar-refractivity contribution in [1.29, 1.82) is 0 Å². The Kier molecular flexibility index (Phi) is 4.44. The minimum Gasteiger partial charge on any atom is -0.391 e. The van der Waals surface area contributed by atoms with Gasteiger partial charge in [0, 0.05) is 24.4 Å². The second-order valence-corrected chi connectivity index (χ2v) is 4.69. The van der Waals surface area contributed by atoms with Gasteiger partial charge in [0.05, 0.1) is 6.10 Å². The molecule has 1 aromatic heterocycles. The maximum atomic E-state index is 10.3. The topological polar surface area (TPSA) is 36.4 Å². The molecule has 0 spiro atoms. The van der Waals surface area contributed by atoms with E-state index >= 15 is 0 Å². The van der Waals surface area contributed by atoms with Crippen LogP contribution in [0.25, 0.3) is 0 Å². The van der Waals surface area contributed by atoms with Gasteiger partial charge in [0.25, 0.3) is 0 Å². The lowest BCUT2D eigenvalue weighted by Crippen LogP contribution is -2.51. The highest BCUT2D eigenvalue weighted by Crippen LogP contribution is 2.23. The highest BCUT2D eigenvalue weighted by molar-refractivity contribution is 5.11. The third kappa shape index (κ3) is 2.80. The average Bonchev–Trinajstić information content (AvgIpc) is 2.28. The number of hydrogen-bond acceptors (Lipinski definition) is 3. The van der Waals surface area contributed by atoms with E-state index in [1.54, 1.807) is 6.20 Å². The molecule has 0 bridgehead atoms. The molecule has 1 rings (SSSR count). The molecule has 3 nitrogen and oxygen atoms in total. The number of hydrogen-bond donors (Lipinski definition) is 1. The average molecular weight is 222 g/mol. The molecule has 0 aromatic carbocycles.